The summed E-state index contributed by atoms with van der Waals surface area (Å²) in [6.07, 6.45) is 0. The highest BCUT2D eigenvalue weighted by molar-refractivity contribution is 6.30. The van der Waals surface area contributed by atoms with Gasteiger partial charge in [-0.1, -0.05) is 24.6 Å². The average Bonchev–Trinajstić information content (AvgIpc) is 2.29. The third-order valence-corrected chi connectivity index (χ3v) is 3.50. The largest absolute Gasteiger partial charge is 0.310 e. The van der Waals surface area contributed by atoms with E-state index in [1.807, 2.05) is 6.07 Å². The molecule has 0 spiro atoms. The van der Waals surface area contributed by atoms with Crippen LogP contribution in [0.3, 0.4) is 0 Å². The van der Waals surface area contributed by atoms with Crippen LogP contribution in [0.25, 0.3) is 0 Å². The lowest BCUT2D eigenvalue weighted by molar-refractivity contribution is 0.429. The minimum atomic E-state index is -0.376. The maximum absolute atomic E-state index is 13.1. The molecular weight excluding hydrogens is 248 g/mol. The van der Waals surface area contributed by atoms with E-state index in [4.69, 9.17) is 23.2 Å². The van der Waals surface area contributed by atoms with Gasteiger partial charge in [-0.05, 0) is 30.5 Å². The SMILES string of the molecule is CC(CCl)C(C)NCc1ccc(Cl)c(F)c1. The van der Waals surface area contributed by atoms with Crippen LogP contribution in [0.2, 0.25) is 5.02 Å². The molecule has 0 heterocycles. The second-order valence-corrected chi connectivity index (χ2v) is 4.77. The van der Waals surface area contributed by atoms with E-state index in [0.29, 0.717) is 24.4 Å². The summed E-state index contributed by atoms with van der Waals surface area (Å²) in [7, 11) is 0. The van der Waals surface area contributed by atoms with E-state index in [1.165, 1.54) is 6.07 Å². The molecule has 0 aliphatic rings. The lowest BCUT2D eigenvalue weighted by atomic mass is 10.1. The number of benzene rings is 1. The summed E-state index contributed by atoms with van der Waals surface area (Å²) >= 11 is 11.4. The molecule has 0 fully saturated rings. The predicted molar refractivity (Wildman–Crippen MR) is 67.6 cm³/mol. The maximum Gasteiger partial charge on any atom is 0.142 e. The quantitative estimate of drug-likeness (QED) is 0.797. The van der Waals surface area contributed by atoms with Crippen molar-refractivity contribution in [1.29, 1.82) is 0 Å². The van der Waals surface area contributed by atoms with E-state index in [-0.39, 0.29) is 10.8 Å². The Hall–Kier alpha value is -0.310. The Bertz CT molecular complexity index is 344. The number of hydrogen-bond donors (Lipinski definition) is 1. The highest BCUT2D eigenvalue weighted by Crippen LogP contribution is 2.15. The summed E-state index contributed by atoms with van der Waals surface area (Å²) in [6, 6.07) is 5.14. The van der Waals surface area contributed by atoms with Gasteiger partial charge in [0.15, 0.2) is 0 Å². The van der Waals surface area contributed by atoms with Crippen molar-refractivity contribution in [1.82, 2.24) is 5.32 Å². The van der Waals surface area contributed by atoms with Gasteiger partial charge in [0.05, 0.1) is 5.02 Å². The van der Waals surface area contributed by atoms with Crippen molar-refractivity contribution in [2.75, 3.05) is 5.88 Å². The zero-order valence-electron chi connectivity index (χ0n) is 9.43. The monoisotopic (exact) mass is 263 g/mol. The molecule has 0 amide bonds. The summed E-state index contributed by atoms with van der Waals surface area (Å²) < 4.78 is 13.1. The van der Waals surface area contributed by atoms with Crippen molar-refractivity contribution in [3.05, 3.63) is 34.6 Å². The first-order chi connectivity index (χ1) is 7.54. The summed E-state index contributed by atoms with van der Waals surface area (Å²) in [5.74, 6) is 0.626. The highest BCUT2D eigenvalue weighted by Gasteiger charge is 2.10. The fourth-order valence-corrected chi connectivity index (χ4v) is 1.65. The van der Waals surface area contributed by atoms with Crippen molar-refractivity contribution >= 4 is 23.2 Å². The van der Waals surface area contributed by atoms with Crippen LogP contribution in [0.1, 0.15) is 19.4 Å². The molecule has 0 bridgehead atoms. The molecule has 0 aliphatic carbocycles. The molecule has 0 aromatic heterocycles. The van der Waals surface area contributed by atoms with Crippen LogP contribution in [-0.4, -0.2) is 11.9 Å². The Balaban J connectivity index is 2.51. The van der Waals surface area contributed by atoms with Gasteiger partial charge in [0.2, 0.25) is 0 Å². The Morgan fingerprint density at radius 3 is 2.62 bits per heavy atom. The number of hydrogen-bond acceptors (Lipinski definition) is 1. The Morgan fingerprint density at radius 1 is 1.38 bits per heavy atom. The molecule has 0 saturated heterocycles. The molecule has 2 unspecified atom stereocenters. The highest BCUT2D eigenvalue weighted by atomic mass is 35.5. The smallest absolute Gasteiger partial charge is 0.142 e. The van der Waals surface area contributed by atoms with Gasteiger partial charge in [-0.15, -0.1) is 11.6 Å². The second kappa shape index (κ2) is 6.43. The minimum absolute atomic E-state index is 0.158. The van der Waals surface area contributed by atoms with E-state index >= 15 is 0 Å². The van der Waals surface area contributed by atoms with E-state index < -0.39 is 0 Å². The molecule has 1 N–H and O–H groups in total. The summed E-state index contributed by atoms with van der Waals surface area (Å²) in [4.78, 5) is 0. The van der Waals surface area contributed by atoms with Crippen molar-refractivity contribution in [2.24, 2.45) is 5.92 Å². The fourth-order valence-electron chi connectivity index (χ4n) is 1.26. The van der Waals surface area contributed by atoms with Crippen LogP contribution in [-0.2, 0) is 6.54 Å². The summed E-state index contributed by atoms with van der Waals surface area (Å²) in [6.45, 7) is 4.77. The van der Waals surface area contributed by atoms with Crippen LogP contribution in [0.15, 0.2) is 18.2 Å². The van der Waals surface area contributed by atoms with Crippen molar-refractivity contribution in [3.63, 3.8) is 0 Å². The van der Waals surface area contributed by atoms with E-state index in [2.05, 4.69) is 19.2 Å². The average molecular weight is 264 g/mol. The fraction of sp³-hybridized carbons (Fsp3) is 0.500. The molecule has 1 rings (SSSR count). The number of halogens is 3. The number of alkyl halides is 1. The Labute approximate surface area is 106 Å². The topological polar surface area (TPSA) is 12.0 Å². The summed E-state index contributed by atoms with van der Waals surface area (Å²) in [5, 5.41) is 3.46. The molecule has 1 aromatic rings. The van der Waals surface area contributed by atoms with Gasteiger partial charge in [-0.3, -0.25) is 0 Å². The van der Waals surface area contributed by atoms with Crippen molar-refractivity contribution in [2.45, 2.75) is 26.4 Å². The molecule has 0 aliphatic heterocycles. The molecule has 1 nitrogen and oxygen atoms in total. The van der Waals surface area contributed by atoms with Crippen LogP contribution in [0.5, 0.6) is 0 Å². The Kier molecular flexibility index (Phi) is 5.53. The van der Waals surface area contributed by atoms with Gasteiger partial charge >= 0.3 is 0 Å². The van der Waals surface area contributed by atoms with Gasteiger partial charge in [0.1, 0.15) is 5.82 Å². The standard InChI is InChI=1S/C12H16Cl2FN/c1-8(6-13)9(2)16-7-10-3-4-11(14)12(15)5-10/h3-5,8-9,16H,6-7H2,1-2H3. The minimum Gasteiger partial charge on any atom is -0.310 e. The lowest BCUT2D eigenvalue weighted by Gasteiger charge is -2.19. The second-order valence-electron chi connectivity index (χ2n) is 4.05. The van der Waals surface area contributed by atoms with Gasteiger partial charge in [-0.25, -0.2) is 4.39 Å². The number of nitrogens with one attached hydrogen (secondary N) is 1. The first-order valence-corrected chi connectivity index (χ1v) is 6.19. The van der Waals surface area contributed by atoms with Crippen molar-refractivity contribution in [3.8, 4) is 0 Å². The predicted octanol–water partition coefficient (Wildman–Crippen LogP) is 3.83. The van der Waals surface area contributed by atoms with Crippen molar-refractivity contribution < 1.29 is 4.39 Å². The van der Waals surface area contributed by atoms with E-state index in [9.17, 15) is 4.39 Å². The molecule has 2 atom stereocenters. The normalized spacial score (nSPS) is 14.8. The van der Waals surface area contributed by atoms with Crippen LogP contribution >= 0.6 is 23.2 Å². The number of rotatable bonds is 5. The first kappa shape index (κ1) is 13.8. The maximum atomic E-state index is 13.1. The summed E-state index contributed by atoms with van der Waals surface area (Å²) in [5.41, 5.74) is 0.885. The molecule has 90 valence electrons. The third-order valence-electron chi connectivity index (χ3n) is 2.71. The molecular formula is C12H16Cl2FN. The van der Waals surface area contributed by atoms with Gasteiger partial charge < -0.3 is 5.32 Å². The molecule has 1 aromatic carbocycles. The molecule has 16 heavy (non-hydrogen) atoms. The zero-order valence-corrected chi connectivity index (χ0v) is 10.9. The zero-order chi connectivity index (χ0) is 12.1. The van der Waals surface area contributed by atoms with Crippen LogP contribution < -0.4 is 5.32 Å². The Morgan fingerprint density at radius 2 is 2.06 bits per heavy atom. The molecule has 0 radical (unpaired) electrons. The van der Waals surface area contributed by atoms with Crippen LogP contribution in [0, 0.1) is 11.7 Å². The third kappa shape index (κ3) is 3.93. The van der Waals surface area contributed by atoms with Gasteiger partial charge in [0, 0.05) is 18.5 Å². The molecule has 0 saturated carbocycles. The van der Waals surface area contributed by atoms with E-state index in [0.717, 1.165) is 5.56 Å². The van der Waals surface area contributed by atoms with E-state index in [1.54, 1.807) is 6.07 Å². The van der Waals surface area contributed by atoms with Crippen LogP contribution in [0.4, 0.5) is 4.39 Å². The van der Waals surface area contributed by atoms with Gasteiger partial charge in [0.25, 0.3) is 0 Å². The molecule has 4 heteroatoms. The van der Waals surface area contributed by atoms with Gasteiger partial charge in [-0.2, -0.15) is 0 Å². The first-order valence-electron chi connectivity index (χ1n) is 5.28. The lowest BCUT2D eigenvalue weighted by Crippen LogP contribution is -2.32.